The van der Waals surface area contributed by atoms with Crippen molar-refractivity contribution in [2.45, 2.75) is 26.6 Å². The molecule has 0 saturated carbocycles. The number of methoxy groups -OCH3 is 1. The Balaban J connectivity index is 0.00000280. The van der Waals surface area contributed by atoms with Gasteiger partial charge in [0.1, 0.15) is 12.4 Å². The van der Waals surface area contributed by atoms with E-state index in [1.165, 1.54) is 10.4 Å². The van der Waals surface area contributed by atoms with Gasteiger partial charge < -0.3 is 19.5 Å². The number of ether oxygens (including phenoxy) is 3. The molecular weight excluding hydrogens is 394 g/mol. The molecule has 0 bridgehead atoms. The molecule has 0 fully saturated rings. The molecule has 6 heteroatoms. The van der Waals surface area contributed by atoms with Crippen molar-refractivity contribution in [1.29, 1.82) is 0 Å². The van der Waals surface area contributed by atoms with Crippen LogP contribution in [0, 0.1) is 0 Å². The number of hydrogen-bond donors (Lipinski definition) is 1. The first-order valence-corrected chi connectivity index (χ1v) is 9.91. The summed E-state index contributed by atoms with van der Waals surface area (Å²) >= 11 is 1.69. The van der Waals surface area contributed by atoms with E-state index in [4.69, 9.17) is 14.2 Å². The van der Waals surface area contributed by atoms with E-state index in [2.05, 4.69) is 35.0 Å². The molecule has 3 aromatic rings. The molecule has 2 aromatic carbocycles. The van der Waals surface area contributed by atoms with E-state index in [-0.39, 0.29) is 12.4 Å². The molecule has 4 nitrogen and oxygen atoms in total. The maximum absolute atomic E-state index is 5.94. The van der Waals surface area contributed by atoms with Gasteiger partial charge in [0, 0.05) is 18.0 Å². The number of thiophene rings is 1. The molecule has 1 heterocycles. The van der Waals surface area contributed by atoms with E-state index in [1.807, 2.05) is 37.3 Å². The van der Waals surface area contributed by atoms with E-state index < -0.39 is 0 Å². The van der Waals surface area contributed by atoms with Crippen molar-refractivity contribution in [2.24, 2.45) is 0 Å². The average Bonchev–Trinajstić information content (AvgIpc) is 3.22. The molecule has 0 radical (unpaired) electrons. The van der Waals surface area contributed by atoms with Gasteiger partial charge in [-0.05, 0) is 53.8 Å². The highest BCUT2D eigenvalue weighted by Crippen LogP contribution is 2.29. The Labute approximate surface area is 176 Å². The third-order valence-electron chi connectivity index (χ3n) is 4.08. The lowest BCUT2D eigenvalue weighted by molar-refractivity contribution is 0.271. The van der Waals surface area contributed by atoms with Gasteiger partial charge >= 0.3 is 0 Å². The second-order valence-electron chi connectivity index (χ2n) is 6.03. The Hall–Kier alpha value is -2.21. The lowest BCUT2D eigenvalue weighted by atomic mass is 10.2. The van der Waals surface area contributed by atoms with Gasteiger partial charge in [-0.3, -0.25) is 0 Å². The molecule has 1 N–H and O–H groups in total. The van der Waals surface area contributed by atoms with Crippen LogP contribution >= 0.6 is 23.7 Å². The van der Waals surface area contributed by atoms with Crippen molar-refractivity contribution >= 4 is 23.7 Å². The molecule has 0 aliphatic heterocycles. The van der Waals surface area contributed by atoms with E-state index in [9.17, 15) is 0 Å². The van der Waals surface area contributed by atoms with Crippen LogP contribution in [0.5, 0.6) is 17.2 Å². The fourth-order valence-corrected chi connectivity index (χ4v) is 3.30. The summed E-state index contributed by atoms with van der Waals surface area (Å²) in [5, 5.41) is 5.52. The van der Waals surface area contributed by atoms with Gasteiger partial charge in [0.25, 0.3) is 0 Å². The van der Waals surface area contributed by atoms with Gasteiger partial charge in [-0.2, -0.15) is 0 Å². The monoisotopic (exact) mass is 419 g/mol. The maximum Gasteiger partial charge on any atom is 0.161 e. The quantitative estimate of drug-likeness (QED) is 0.474. The first kappa shape index (κ1) is 22.1. The Morgan fingerprint density at radius 3 is 2.32 bits per heavy atom. The molecule has 0 amide bonds. The van der Waals surface area contributed by atoms with Crippen LogP contribution in [0.1, 0.15) is 22.9 Å². The fraction of sp³-hybridized carbons (Fsp3) is 0.273. The van der Waals surface area contributed by atoms with Crippen LogP contribution in [-0.4, -0.2) is 13.7 Å². The first-order valence-electron chi connectivity index (χ1n) is 9.03. The number of nitrogens with one attached hydrogen (secondary N) is 1. The molecule has 0 aliphatic carbocycles. The Morgan fingerprint density at radius 1 is 0.893 bits per heavy atom. The Morgan fingerprint density at radius 2 is 1.64 bits per heavy atom. The molecule has 0 unspecified atom stereocenters. The smallest absolute Gasteiger partial charge is 0.161 e. The zero-order valence-electron chi connectivity index (χ0n) is 16.1. The lowest BCUT2D eigenvalue weighted by Crippen LogP contribution is -2.12. The van der Waals surface area contributed by atoms with Crippen molar-refractivity contribution < 1.29 is 14.2 Å². The van der Waals surface area contributed by atoms with Gasteiger partial charge in [0.15, 0.2) is 11.5 Å². The van der Waals surface area contributed by atoms with Crippen LogP contribution < -0.4 is 19.5 Å². The summed E-state index contributed by atoms with van der Waals surface area (Å²) in [7, 11) is 1.68. The van der Waals surface area contributed by atoms with E-state index >= 15 is 0 Å². The highest BCUT2D eigenvalue weighted by molar-refractivity contribution is 7.09. The molecule has 150 valence electrons. The molecule has 3 rings (SSSR count). The molecule has 28 heavy (non-hydrogen) atoms. The number of rotatable bonds is 10. The van der Waals surface area contributed by atoms with Crippen molar-refractivity contribution in [1.82, 2.24) is 5.32 Å². The molecule has 0 saturated heterocycles. The lowest BCUT2D eigenvalue weighted by Gasteiger charge is -2.13. The van der Waals surface area contributed by atoms with Crippen LogP contribution in [0.4, 0.5) is 0 Å². The summed E-state index contributed by atoms with van der Waals surface area (Å²) in [6, 6.07) is 18.3. The standard InChI is InChI=1S/C22H25NO3S.ClH/c1-3-25-22-13-18(8-11-21(22)26-16-20-5-4-12-27-20)15-23-14-17-6-9-19(24-2)10-7-17;/h4-13,23H,3,14-16H2,1-2H3;1H. The molecule has 0 spiro atoms. The Bertz CT molecular complexity index is 822. The summed E-state index contributed by atoms with van der Waals surface area (Å²) in [4.78, 5) is 1.20. The minimum atomic E-state index is 0. The Kier molecular flexibility index (Phi) is 9.14. The van der Waals surface area contributed by atoms with E-state index in [0.717, 1.165) is 35.9 Å². The second kappa shape index (κ2) is 11.6. The minimum absolute atomic E-state index is 0. The second-order valence-corrected chi connectivity index (χ2v) is 7.07. The van der Waals surface area contributed by atoms with Crippen molar-refractivity contribution in [3.05, 3.63) is 76.0 Å². The minimum Gasteiger partial charge on any atom is -0.497 e. The molecule has 0 atom stereocenters. The van der Waals surface area contributed by atoms with E-state index in [1.54, 1.807) is 18.4 Å². The third kappa shape index (κ3) is 6.44. The fourth-order valence-electron chi connectivity index (χ4n) is 2.69. The number of benzene rings is 2. The maximum atomic E-state index is 5.94. The van der Waals surface area contributed by atoms with Gasteiger partial charge in [-0.1, -0.05) is 24.3 Å². The number of hydrogen-bond acceptors (Lipinski definition) is 5. The third-order valence-corrected chi connectivity index (χ3v) is 4.93. The van der Waals surface area contributed by atoms with Gasteiger partial charge in [-0.25, -0.2) is 0 Å². The number of halogens is 1. The van der Waals surface area contributed by atoms with Gasteiger partial charge in [0.05, 0.1) is 13.7 Å². The van der Waals surface area contributed by atoms with E-state index in [0.29, 0.717) is 13.2 Å². The summed E-state index contributed by atoms with van der Waals surface area (Å²) in [6.07, 6.45) is 0. The topological polar surface area (TPSA) is 39.7 Å². The molecule has 1 aromatic heterocycles. The van der Waals surface area contributed by atoms with Crippen LogP contribution in [0.15, 0.2) is 60.0 Å². The highest BCUT2D eigenvalue weighted by Gasteiger charge is 2.07. The zero-order chi connectivity index (χ0) is 18.9. The highest BCUT2D eigenvalue weighted by atomic mass is 35.5. The van der Waals surface area contributed by atoms with Crippen molar-refractivity contribution in [2.75, 3.05) is 13.7 Å². The summed E-state index contributed by atoms with van der Waals surface area (Å²) in [5.41, 5.74) is 2.38. The average molecular weight is 420 g/mol. The summed E-state index contributed by atoms with van der Waals surface area (Å²) < 4.78 is 16.9. The van der Waals surface area contributed by atoms with Gasteiger partial charge in [-0.15, -0.1) is 23.7 Å². The summed E-state index contributed by atoms with van der Waals surface area (Å²) in [5.74, 6) is 2.44. The molecule has 0 aliphatic rings. The first-order chi connectivity index (χ1) is 13.3. The van der Waals surface area contributed by atoms with Crippen molar-refractivity contribution in [3.63, 3.8) is 0 Å². The van der Waals surface area contributed by atoms with Gasteiger partial charge in [0.2, 0.25) is 0 Å². The normalized spacial score (nSPS) is 10.2. The predicted molar refractivity (Wildman–Crippen MR) is 117 cm³/mol. The van der Waals surface area contributed by atoms with Crippen LogP contribution in [0.3, 0.4) is 0 Å². The zero-order valence-corrected chi connectivity index (χ0v) is 17.8. The van der Waals surface area contributed by atoms with Crippen LogP contribution in [0.25, 0.3) is 0 Å². The summed E-state index contributed by atoms with van der Waals surface area (Å²) in [6.45, 7) is 4.71. The van der Waals surface area contributed by atoms with Crippen LogP contribution in [0.2, 0.25) is 0 Å². The molecular formula is C22H26ClNO3S. The van der Waals surface area contributed by atoms with Crippen molar-refractivity contribution in [3.8, 4) is 17.2 Å². The van der Waals surface area contributed by atoms with Crippen LogP contribution in [-0.2, 0) is 19.7 Å². The predicted octanol–water partition coefficient (Wildman–Crippen LogP) is 5.45. The SMILES string of the molecule is CCOc1cc(CNCc2ccc(OC)cc2)ccc1OCc1cccs1.Cl. The largest absolute Gasteiger partial charge is 0.497 e.